The molecule has 0 aliphatic carbocycles. The molecule has 106 valence electrons. The average molecular weight is 303 g/mol. The Hall–Kier alpha value is -2.92. The summed E-state index contributed by atoms with van der Waals surface area (Å²) in [7, 11) is -3.93. The molecule has 0 fully saturated rings. The summed E-state index contributed by atoms with van der Waals surface area (Å²) in [5, 5.41) is 19.7. The smallest absolute Gasteiger partial charge is 0.273 e. The van der Waals surface area contributed by atoms with E-state index in [1.54, 1.807) is 24.3 Å². The third-order valence-corrected chi connectivity index (χ3v) is 4.00. The van der Waals surface area contributed by atoms with Gasteiger partial charge in [0.05, 0.1) is 21.5 Å². The number of nitrogens with one attached hydrogen (secondary N) is 1. The summed E-state index contributed by atoms with van der Waals surface area (Å²) >= 11 is 0. The van der Waals surface area contributed by atoms with Crippen molar-refractivity contribution in [2.45, 2.75) is 4.90 Å². The van der Waals surface area contributed by atoms with Crippen LogP contribution in [0.4, 0.5) is 11.4 Å². The van der Waals surface area contributed by atoms with Gasteiger partial charge in [-0.25, -0.2) is 8.42 Å². The molecule has 0 aromatic heterocycles. The van der Waals surface area contributed by atoms with Crippen molar-refractivity contribution >= 4 is 21.4 Å². The Bertz CT molecular complexity index is 826. The fourth-order valence-electron chi connectivity index (χ4n) is 1.64. The largest absolute Gasteiger partial charge is 0.294 e. The lowest BCUT2D eigenvalue weighted by atomic mass is 10.2. The lowest BCUT2D eigenvalue weighted by Crippen LogP contribution is -2.14. The van der Waals surface area contributed by atoms with Gasteiger partial charge in [-0.2, -0.15) is 5.26 Å². The van der Waals surface area contributed by atoms with Crippen LogP contribution in [-0.4, -0.2) is 13.3 Å². The van der Waals surface area contributed by atoms with Crippen LogP contribution in [0.15, 0.2) is 53.4 Å². The molecule has 0 saturated heterocycles. The van der Waals surface area contributed by atoms with Gasteiger partial charge in [-0.1, -0.05) is 18.2 Å². The first-order valence-electron chi connectivity index (χ1n) is 5.70. The van der Waals surface area contributed by atoms with Crippen molar-refractivity contribution in [1.82, 2.24) is 0 Å². The van der Waals surface area contributed by atoms with E-state index in [0.29, 0.717) is 0 Å². The zero-order valence-corrected chi connectivity index (χ0v) is 11.4. The maximum absolute atomic E-state index is 12.1. The minimum Gasteiger partial charge on any atom is -0.273 e. The number of nitrogens with zero attached hydrogens (tertiary/aromatic N) is 2. The van der Waals surface area contributed by atoms with E-state index in [-0.39, 0.29) is 16.1 Å². The molecule has 0 bridgehead atoms. The SMILES string of the molecule is N#Cc1ccc(NS(=O)(=O)c2ccccc2)c([N+](=O)[O-])c1. The van der Waals surface area contributed by atoms with Gasteiger partial charge in [0.25, 0.3) is 15.7 Å². The summed E-state index contributed by atoms with van der Waals surface area (Å²) in [6, 6.07) is 12.8. The second-order valence-electron chi connectivity index (χ2n) is 4.02. The van der Waals surface area contributed by atoms with Crippen molar-refractivity contribution in [2.75, 3.05) is 4.72 Å². The van der Waals surface area contributed by atoms with Crippen LogP contribution in [0.1, 0.15) is 5.56 Å². The van der Waals surface area contributed by atoms with Gasteiger partial charge in [0.15, 0.2) is 0 Å². The maximum Gasteiger partial charge on any atom is 0.294 e. The van der Waals surface area contributed by atoms with Crippen molar-refractivity contribution in [1.29, 1.82) is 5.26 Å². The highest BCUT2D eigenvalue weighted by atomic mass is 32.2. The topological polar surface area (TPSA) is 113 Å². The van der Waals surface area contributed by atoms with Gasteiger partial charge in [0.2, 0.25) is 0 Å². The first kappa shape index (κ1) is 14.5. The molecule has 2 aromatic rings. The Balaban J connectivity index is 2.45. The van der Waals surface area contributed by atoms with E-state index in [1.807, 2.05) is 0 Å². The lowest BCUT2D eigenvalue weighted by molar-refractivity contribution is -0.383. The number of anilines is 1. The maximum atomic E-state index is 12.1. The quantitative estimate of drug-likeness (QED) is 0.687. The molecule has 0 radical (unpaired) electrons. The van der Waals surface area contributed by atoms with Crippen molar-refractivity contribution < 1.29 is 13.3 Å². The second-order valence-corrected chi connectivity index (χ2v) is 5.70. The highest BCUT2D eigenvalue weighted by Crippen LogP contribution is 2.27. The van der Waals surface area contributed by atoms with Crippen LogP contribution < -0.4 is 4.72 Å². The molecule has 0 aliphatic heterocycles. The molecule has 0 aliphatic rings. The number of benzene rings is 2. The molecule has 7 nitrogen and oxygen atoms in total. The molecular formula is C13H9N3O4S. The fraction of sp³-hybridized carbons (Fsp3) is 0. The number of rotatable bonds is 4. The summed E-state index contributed by atoms with van der Waals surface area (Å²) in [5.74, 6) is 0. The van der Waals surface area contributed by atoms with Gasteiger partial charge in [0.1, 0.15) is 5.69 Å². The number of hydrogen-bond acceptors (Lipinski definition) is 5. The summed E-state index contributed by atoms with van der Waals surface area (Å²) in [6.45, 7) is 0. The molecule has 0 amide bonds. The highest BCUT2D eigenvalue weighted by molar-refractivity contribution is 7.92. The van der Waals surface area contributed by atoms with E-state index in [4.69, 9.17) is 5.26 Å². The zero-order valence-electron chi connectivity index (χ0n) is 10.6. The first-order chi connectivity index (χ1) is 9.94. The molecule has 2 aromatic carbocycles. The Morgan fingerprint density at radius 3 is 2.38 bits per heavy atom. The van der Waals surface area contributed by atoms with Gasteiger partial charge >= 0.3 is 0 Å². The van der Waals surface area contributed by atoms with Crippen molar-refractivity contribution in [2.24, 2.45) is 0 Å². The van der Waals surface area contributed by atoms with Gasteiger partial charge < -0.3 is 0 Å². The van der Waals surface area contributed by atoms with Crippen LogP contribution in [0, 0.1) is 21.4 Å². The summed E-state index contributed by atoms with van der Waals surface area (Å²) in [6.07, 6.45) is 0. The number of nitriles is 1. The van der Waals surface area contributed by atoms with Gasteiger partial charge in [0, 0.05) is 6.07 Å². The van der Waals surface area contributed by atoms with Crippen LogP contribution in [0.25, 0.3) is 0 Å². The number of sulfonamides is 1. The predicted octanol–water partition coefficient (Wildman–Crippen LogP) is 2.27. The van der Waals surface area contributed by atoms with Crippen molar-refractivity contribution in [3.63, 3.8) is 0 Å². The van der Waals surface area contributed by atoms with Gasteiger partial charge in [-0.15, -0.1) is 0 Å². The first-order valence-corrected chi connectivity index (χ1v) is 7.19. The minimum absolute atomic E-state index is 0.0105. The van der Waals surface area contributed by atoms with E-state index in [9.17, 15) is 18.5 Å². The molecule has 0 atom stereocenters. The van der Waals surface area contributed by atoms with Gasteiger partial charge in [-0.3, -0.25) is 14.8 Å². The third-order valence-electron chi connectivity index (χ3n) is 2.62. The number of hydrogen-bond donors (Lipinski definition) is 1. The third kappa shape index (κ3) is 3.16. The molecule has 0 unspecified atom stereocenters. The van der Waals surface area contributed by atoms with Crippen LogP contribution in [0.2, 0.25) is 0 Å². The second kappa shape index (κ2) is 5.60. The lowest BCUT2D eigenvalue weighted by Gasteiger charge is -2.08. The Morgan fingerprint density at radius 1 is 1.14 bits per heavy atom. The molecule has 8 heteroatoms. The molecular weight excluding hydrogens is 294 g/mol. The van der Waals surface area contributed by atoms with E-state index in [2.05, 4.69) is 4.72 Å². The van der Waals surface area contributed by atoms with E-state index in [1.165, 1.54) is 24.3 Å². The van der Waals surface area contributed by atoms with E-state index < -0.39 is 20.6 Å². The minimum atomic E-state index is -3.93. The van der Waals surface area contributed by atoms with E-state index >= 15 is 0 Å². The molecule has 0 spiro atoms. The van der Waals surface area contributed by atoms with Crippen LogP contribution >= 0.6 is 0 Å². The van der Waals surface area contributed by atoms with Crippen LogP contribution in [-0.2, 0) is 10.0 Å². The Kier molecular flexibility index (Phi) is 3.86. The summed E-state index contributed by atoms with van der Waals surface area (Å²) in [5.41, 5.74) is -0.597. The summed E-state index contributed by atoms with van der Waals surface area (Å²) < 4.78 is 26.4. The predicted molar refractivity (Wildman–Crippen MR) is 75.1 cm³/mol. The van der Waals surface area contributed by atoms with Gasteiger partial charge in [-0.05, 0) is 24.3 Å². The molecule has 0 saturated carbocycles. The highest BCUT2D eigenvalue weighted by Gasteiger charge is 2.21. The average Bonchev–Trinajstić information content (AvgIpc) is 2.48. The number of nitro benzene ring substituents is 1. The van der Waals surface area contributed by atoms with Crippen molar-refractivity contribution in [3.05, 3.63) is 64.2 Å². The van der Waals surface area contributed by atoms with Crippen molar-refractivity contribution in [3.8, 4) is 6.07 Å². The molecule has 1 N–H and O–H groups in total. The monoisotopic (exact) mass is 303 g/mol. The fourth-order valence-corrected chi connectivity index (χ4v) is 2.74. The normalized spacial score (nSPS) is 10.6. The number of nitro groups is 1. The van der Waals surface area contributed by atoms with Crippen LogP contribution in [0.5, 0.6) is 0 Å². The Morgan fingerprint density at radius 2 is 1.81 bits per heavy atom. The molecule has 2 rings (SSSR count). The zero-order chi connectivity index (χ0) is 15.5. The molecule has 0 heterocycles. The standard InChI is InChI=1S/C13H9N3O4S/c14-9-10-6-7-12(13(8-10)16(17)18)15-21(19,20)11-4-2-1-3-5-11/h1-8,15H. The molecule has 21 heavy (non-hydrogen) atoms. The summed E-state index contributed by atoms with van der Waals surface area (Å²) in [4.78, 5) is 10.2. The van der Waals surface area contributed by atoms with Crippen LogP contribution in [0.3, 0.4) is 0 Å². The Labute approximate surface area is 120 Å². The van der Waals surface area contributed by atoms with E-state index in [0.717, 1.165) is 6.07 Å².